The van der Waals surface area contributed by atoms with Gasteiger partial charge >= 0.3 is 0 Å². The summed E-state index contributed by atoms with van der Waals surface area (Å²) < 4.78 is 1.85. The van der Waals surface area contributed by atoms with E-state index in [0.29, 0.717) is 6.67 Å². The zero-order valence-corrected chi connectivity index (χ0v) is 16.7. The van der Waals surface area contributed by atoms with Crippen LogP contribution in [-0.4, -0.2) is 27.7 Å². The Labute approximate surface area is 156 Å². The van der Waals surface area contributed by atoms with E-state index in [2.05, 4.69) is 48.8 Å². The molecule has 1 aromatic heterocycles. The summed E-state index contributed by atoms with van der Waals surface area (Å²) in [7, 11) is 0. The van der Waals surface area contributed by atoms with Crippen molar-refractivity contribution in [3.63, 3.8) is 0 Å². The zero-order chi connectivity index (χ0) is 18.8. The fraction of sp³-hybridized carbons (Fsp3) is 0.524. The van der Waals surface area contributed by atoms with E-state index in [4.69, 9.17) is 4.98 Å². The number of hydrogen-bond acceptors (Lipinski definition) is 4. The van der Waals surface area contributed by atoms with E-state index in [9.17, 15) is 4.79 Å². The van der Waals surface area contributed by atoms with Gasteiger partial charge < -0.3 is 0 Å². The van der Waals surface area contributed by atoms with E-state index >= 15 is 0 Å². The zero-order valence-electron chi connectivity index (χ0n) is 16.7. The first-order valence-corrected chi connectivity index (χ1v) is 9.63. The van der Waals surface area contributed by atoms with E-state index in [0.717, 1.165) is 55.4 Å². The van der Waals surface area contributed by atoms with Crippen LogP contribution < -0.4 is 10.5 Å². The molecule has 3 rings (SSSR count). The molecule has 5 heteroatoms. The highest BCUT2D eigenvalue weighted by atomic mass is 16.1. The summed E-state index contributed by atoms with van der Waals surface area (Å²) >= 11 is 0. The average Bonchev–Trinajstić information content (AvgIpc) is 2.60. The molecular formula is C21H30N4O. The van der Waals surface area contributed by atoms with Crippen molar-refractivity contribution in [2.75, 3.05) is 18.1 Å². The van der Waals surface area contributed by atoms with E-state index in [1.54, 1.807) is 0 Å². The molecule has 0 saturated carbocycles. The van der Waals surface area contributed by atoms with Crippen molar-refractivity contribution < 1.29 is 0 Å². The number of rotatable bonds is 5. The third-order valence-corrected chi connectivity index (χ3v) is 5.20. The van der Waals surface area contributed by atoms with Crippen LogP contribution in [0.15, 0.2) is 23.0 Å². The fourth-order valence-electron chi connectivity index (χ4n) is 3.75. The van der Waals surface area contributed by atoms with Crippen LogP contribution in [0.3, 0.4) is 0 Å². The van der Waals surface area contributed by atoms with Crippen LogP contribution in [0.4, 0.5) is 11.6 Å². The first-order chi connectivity index (χ1) is 12.5. The van der Waals surface area contributed by atoms with Gasteiger partial charge in [0.05, 0.1) is 13.3 Å². The molecule has 0 bridgehead atoms. The third-order valence-electron chi connectivity index (χ3n) is 5.20. The monoisotopic (exact) mass is 354 g/mol. The summed E-state index contributed by atoms with van der Waals surface area (Å²) in [6.07, 6.45) is 3.00. The molecular weight excluding hydrogens is 324 g/mol. The highest BCUT2D eigenvalue weighted by Gasteiger charge is 2.28. The van der Waals surface area contributed by atoms with Crippen LogP contribution in [0.2, 0.25) is 0 Å². The Hall–Kier alpha value is -2.14. The van der Waals surface area contributed by atoms with Gasteiger partial charge in [0.1, 0.15) is 0 Å². The van der Waals surface area contributed by atoms with Gasteiger partial charge in [0.15, 0.2) is 0 Å². The molecule has 0 amide bonds. The van der Waals surface area contributed by atoms with Crippen molar-refractivity contribution in [2.24, 2.45) is 0 Å². The van der Waals surface area contributed by atoms with Crippen LogP contribution in [-0.2, 0) is 13.1 Å². The van der Waals surface area contributed by atoms with Gasteiger partial charge in [-0.2, -0.15) is 0 Å². The van der Waals surface area contributed by atoms with Gasteiger partial charge in [-0.05, 0) is 45.2 Å². The van der Waals surface area contributed by atoms with E-state index in [-0.39, 0.29) is 5.56 Å². The first-order valence-electron chi connectivity index (χ1n) is 9.63. The number of hydrogen-bond donors (Lipinski definition) is 0. The van der Waals surface area contributed by atoms with Crippen LogP contribution in [0, 0.1) is 20.8 Å². The summed E-state index contributed by atoms with van der Waals surface area (Å²) in [5.41, 5.74) is 5.36. The molecule has 2 aromatic rings. The molecule has 5 nitrogen and oxygen atoms in total. The van der Waals surface area contributed by atoms with Gasteiger partial charge in [0, 0.05) is 23.5 Å². The largest absolute Gasteiger partial charge is 0.298 e. The van der Waals surface area contributed by atoms with E-state index < -0.39 is 0 Å². The van der Waals surface area contributed by atoms with Crippen LogP contribution in [0.5, 0.6) is 0 Å². The Kier molecular flexibility index (Phi) is 5.47. The maximum absolute atomic E-state index is 13.1. The lowest BCUT2D eigenvalue weighted by Crippen LogP contribution is -2.48. The summed E-state index contributed by atoms with van der Waals surface area (Å²) in [4.78, 5) is 22.5. The third kappa shape index (κ3) is 3.40. The Morgan fingerprint density at radius 3 is 2.54 bits per heavy atom. The van der Waals surface area contributed by atoms with Gasteiger partial charge in [-0.3, -0.25) is 19.2 Å². The van der Waals surface area contributed by atoms with Crippen molar-refractivity contribution in [2.45, 2.75) is 60.5 Å². The molecule has 0 atom stereocenters. The molecule has 0 spiro atoms. The number of benzene rings is 1. The summed E-state index contributed by atoms with van der Waals surface area (Å²) in [5.74, 6) is 0.768. The van der Waals surface area contributed by atoms with Gasteiger partial charge in [-0.15, -0.1) is 0 Å². The molecule has 2 heterocycles. The van der Waals surface area contributed by atoms with Gasteiger partial charge in [-0.1, -0.05) is 38.0 Å². The molecule has 0 radical (unpaired) electrons. The predicted molar refractivity (Wildman–Crippen MR) is 107 cm³/mol. The second-order valence-corrected chi connectivity index (χ2v) is 7.31. The molecule has 1 aliphatic heterocycles. The van der Waals surface area contributed by atoms with Gasteiger partial charge in [0.2, 0.25) is 5.95 Å². The minimum absolute atomic E-state index is 0.103. The quantitative estimate of drug-likeness (QED) is 0.817. The van der Waals surface area contributed by atoms with Crippen LogP contribution in [0.1, 0.15) is 49.1 Å². The van der Waals surface area contributed by atoms with Crippen molar-refractivity contribution in [3.05, 3.63) is 50.9 Å². The van der Waals surface area contributed by atoms with Gasteiger partial charge in [0.25, 0.3) is 5.56 Å². The van der Waals surface area contributed by atoms with Crippen molar-refractivity contribution in [1.82, 2.24) is 14.5 Å². The topological polar surface area (TPSA) is 41.4 Å². The highest BCUT2D eigenvalue weighted by molar-refractivity contribution is 5.63. The standard InChI is InChI=1S/C21H30N4O/c1-6-8-11-23-13-24(19-10-9-15(3)12-16(19)4)21-22-17(5)18(7-2)20(26)25(21)14-23/h9-10,12H,6-8,11,13-14H2,1-5H3. The fourth-order valence-corrected chi connectivity index (χ4v) is 3.75. The number of aromatic nitrogens is 2. The predicted octanol–water partition coefficient (Wildman–Crippen LogP) is 3.90. The average molecular weight is 354 g/mol. The molecule has 0 N–H and O–H groups in total. The molecule has 0 saturated heterocycles. The lowest BCUT2D eigenvalue weighted by atomic mass is 10.1. The molecule has 1 aromatic carbocycles. The summed E-state index contributed by atoms with van der Waals surface area (Å²) in [6, 6.07) is 6.46. The molecule has 0 aliphatic carbocycles. The van der Waals surface area contributed by atoms with Crippen molar-refractivity contribution in [1.29, 1.82) is 0 Å². The Morgan fingerprint density at radius 2 is 1.88 bits per heavy atom. The molecule has 1 aliphatic rings. The second kappa shape index (κ2) is 7.62. The Bertz CT molecular complexity index is 856. The summed E-state index contributed by atoms with van der Waals surface area (Å²) in [5, 5.41) is 0. The number of fused-ring (bicyclic) bond motifs is 1. The molecule has 140 valence electrons. The maximum Gasteiger partial charge on any atom is 0.259 e. The SMILES string of the molecule is CCCCN1CN(c2ccc(C)cc2C)c2nc(C)c(CC)c(=O)n2C1. The minimum Gasteiger partial charge on any atom is -0.298 e. The number of nitrogens with zero attached hydrogens (tertiary/aromatic N) is 4. The Morgan fingerprint density at radius 1 is 1.12 bits per heavy atom. The number of anilines is 2. The van der Waals surface area contributed by atoms with E-state index in [1.807, 2.05) is 18.4 Å². The normalized spacial score (nSPS) is 14.6. The molecule has 0 fully saturated rings. The van der Waals surface area contributed by atoms with Crippen LogP contribution in [0.25, 0.3) is 0 Å². The smallest absolute Gasteiger partial charge is 0.259 e. The van der Waals surface area contributed by atoms with Crippen molar-refractivity contribution >= 4 is 11.6 Å². The minimum atomic E-state index is 0.103. The maximum atomic E-state index is 13.1. The lowest BCUT2D eigenvalue weighted by Gasteiger charge is -2.39. The lowest BCUT2D eigenvalue weighted by molar-refractivity contribution is 0.195. The highest BCUT2D eigenvalue weighted by Crippen LogP contribution is 2.30. The van der Waals surface area contributed by atoms with E-state index in [1.165, 1.54) is 11.1 Å². The van der Waals surface area contributed by atoms with Crippen LogP contribution >= 0.6 is 0 Å². The number of unbranched alkanes of at least 4 members (excludes halogenated alkanes) is 1. The second-order valence-electron chi connectivity index (χ2n) is 7.31. The number of aryl methyl sites for hydroxylation is 3. The Balaban J connectivity index is 2.14. The molecule has 0 unspecified atom stereocenters. The van der Waals surface area contributed by atoms with Crippen molar-refractivity contribution in [3.8, 4) is 0 Å². The van der Waals surface area contributed by atoms with Gasteiger partial charge in [-0.25, -0.2) is 4.98 Å². The first kappa shape index (κ1) is 18.6. The summed E-state index contributed by atoms with van der Waals surface area (Å²) in [6.45, 7) is 12.8. The molecule has 26 heavy (non-hydrogen) atoms.